The number of nitrogens with zero attached hydrogens (tertiary/aromatic N) is 1. The molecule has 1 nitrogen and oxygen atoms in total. The van der Waals surface area contributed by atoms with Gasteiger partial charge in [-0.1, -0.05) is 39.7 Å². The van der Waals surface area contributed by atoms with Gasteiger partial charge in [0.1, 0.15) is 5.82 Å². The summed E-state index contributed by atoms with van der Waals surface area (Å²) >= 11 is 10.9. The third-order valence-corrected chi connectivity index (χ3v) is 4.52. The third-order valence-electron chi connectivity index (χ3n) is 3.12. The lowest BCUT2D eigenvalue weighted by Crippen LogP contribution is -1.96. The zero-order valence-corrected chi connectivity index (χ0v) is 13.5. The van der Waals surface area contributed by atoms with E-state index in [1.165, 1.54) is 11.3 Å². The lowest BCUT2D eigenvalue weighted by molar-refractivity contribution is 0.618. The standard InChI is InChI=1S/C15H10BrClFNS/c16-5-4-10-7-12-15(19-8-20-12)13(14(10)18)9-2-1-3-11(17)6-9/h1-3,6-8H,4-5H2. The van der Waals surface area contributed by atoms with Crippen LogP contribution in [-0.4, -0.2) is 10.3 Å². The molecule has 0 aliphatic heterocycles. The zero-order chi connectivity index (χ0) is 14.1. The molecule has 0 N–H and O–H groups in total. The van der Waals surface area contributed by atoms with Gasteiger partial charge in [0.2, 0.25) is 0 Å². The summed E-state index contributed by atoms with van der Waals surface area (Å²) in [5, 5.41) is 1.32. The molecule has 0 saturated heterocycles. The molecule has 0 atom stereocenters. The minimum Gasteiger partial charge on any atom is -0.244 e. The monoisotopic (exact) mass is 369 g/mol. The third kappa shape index (κ3) is 2.48. The number of thiazole rings is 1. The number of alkyl halides is 1. The van der Waals surface area contributed by atoms with Crippen molar-refractivity contribution in [3.63, 3.8) is 0 Å². The Morgan fingerprint density at radius 1 is 1.30 bits per heavy atom. The molecule has 0 fully saturated rings. The molecule has 3 rings (SSSR count). The van der Waals surface area contributed by atoms with Crippen LogP contribution in [0.5, 0.6) is 0 Å². The van der Waals surface area contributed by atoms with Crippen LogP contribution in [0.4, 0.5) is 4.39 Å². The van der Waals surface area contributed by atoms with Gasteiger partial charge in [-0.05, 0) is 35.7 Å². The molecule has 2 aromatic carbocycles. The normalized spacial score (nSPS) is 11.2. The molecule has 1 heterocycles. The number of hydrogen-bond donors (Lipinski definition) is 0. The smallest absolute Gasteiger partial charge is 0.136 e. The van der Waals surface area contributed by atoms with Crippen molar-refractivity contribution >= 4 is 49.1 Å². The van der Waals surface area contributed by atoms with Crippen molar-refractivity contribution < 1.29 is 4.39 Å². The van der Waals surface area contributed by atoms with E-state index in [4.69, 9.17) is 11.6 Å². The number of hydrogen-bond acceptors (Lipinski definition) is 2. The second kappa shape index (κ2) is 5.80. The van der Waals surface area contributed by atoms with Gasteiger partial charge in [-0.25, -0.2) is 9.37 Å². The van der Waals surface area contributed by atoms with Gasteiger partial charge in [0, 0.05) is 15.9 Å². The molecule has 0 radical (unpaired) electrons. The number of benzene rings is 2. The molecule has 1 aromatic heterocycles. The van der Waals surface area contributed by atoms with Crippen LogP contribution in [0.1, 0.15) is 5.56 Å². The van der Waals surface area contributed by atoms with Gasteiger partial charge >= 0.3 is 0 Å². The van der Waals surface area contributed by atoms with E-state index in [1.807, 2.05) is 18.2 Å². The first-order chi connectivity index (χ1) is 9.70. The molecular formula is C15H10BrClFNS. The molecule has 0 unspecified atom stereocenters. The molecule has 0 aliphatic rings. The minimum atomic E-state index is -0.204. The van der Waals surface area contributed by atoms with Gasteiger partial charge in [0.15, 0.2) is 0 Å². The number of aromatic nitrogens is 1. The van der Waals surface area contributed by atoms with Crippen molar-refractivity contribution in [2.24, 2.45) is 0 Å². The van der Waals surface area contributed by atoms with E-state index in [1.54, 1.807) is 17.6 Å². The number of fused-ring (bicyclic) bond motifs is 1. The molecule has 0 bridgehead atoms. The average molecular weight is 371 g/mol. The van der Waals surface area contributed by atoms with Crippen LogP contribution in [0.25, 0.3) is 21.3 Å². The Balaban J connectivity index is 2.32. The summed E-state index contributed by atoms with van der Waals surface area (Å²) < 4.78 is 15.8. The fraction of sp³-hybridized carbons (Fsp3) is 0.133. The Morgan fingerprint density at radius 2 is 2.15 bits per heavy atom. The van der Waals surface area contributed by atoms with E-state index in [0.717, 1.165) is 15.6 Å². The Morgan fingerprint density at radius 3 is 2.90 bits per heavy atom. The summed E-state index contributed by atoms with van der Waals surface area (Å²) in [5.41, 5.74) is 4.46. The van der Waals surface area contributed by atoms with Crippen molar-refractivity contribution in [2.45, 2.75) is 6.42 Å². The second-order valence-electron chi connectivity index (χ2n) is 4.37. The van der Waals surface area contributed by atoms with Crippen LogP contribution in [0.2, 0.25) is 5.02 Å². The quantitative estimate of drug-likeness (QED) is 0.539. The van der Waals surface area contributed by atoms with Crippen LogP contribution in [0.3, 0.4) is 0 Å². The van der Waals surface area contributed by atoms with Crippen molar-refractivity contribution in [3.8, 4) is 11.1 Å². The number of aryl methyl sites for hydroxylation is 1. The Labute approximate surface area is 133 Å². The first-order valence-electron chi connectivity index (χ1n) is 6.07. The first-order valence-corrected chi connectivity index (χ1v) is 8.45. The van der Waals surface area contributed by atoms with Crippen LogP contribution < -0.4 is 0 Å². The van der Waals surface area contributed by atoms with Crippen molar-refractivity contribution in [3.05, 3.63) is 52.2 Å². The van der Waals surface area contributed by atoms with Gasteiger partial charge in [0.05, 0.1) is 15.7 Å². The maximum atomic E-state index is 14.8. The van der Waals surface area contributed by atoms with Gasteiger partial charge in [-0.3, -0.25) is 0 Å². The summed E-state index contributed by atoms with van der Waals surface area (Å²) in [6.07, 6.45) is 0.646. The summed E-state index contributed by atoms with van der Waals surface area (Å²) in [5.74, 6) is -0.204. The summed E-state index contributed by atoms with van der Waals surface area (Å²) in [6, 6.07) is 9.13. The van der Waals surface area contributed by atoms with Crippen LogP contribution in [-0.2, 0) is 6.42 Å². The predicted molar refractivity (Wildman–Crippen MR) is 87.5 cm³/mol. The van der Waals surface area contributed by atoms with Gasteiger partial charge in [0.25, 0.3) is 0 Å². The first kappa shape index (κ1) is 14.0. The second-order valence-corrected chi connectivity index (χ2v) is 6.49. The highest BCUT2D eigenvalue weighted by molar-refractivity contribution is 9.09. The van der Waals surface area contributed by atoms with E-state index in [-0.39, 0.29) is 5.82 Å². The SMILES string of the molecule is Fc1c(CCBr)cc2scnc2c1-c1cccc(Cl)c1. The van der Waals surface area contributed by atoms with E-state index < -0.39 is 0 Å². The Kier molecular flexibility index (Phi) is 4.06. The van der Waals surface area contributed by atoms with E-state index in [2.05, 4.69) is 20.9 Å². The summed E-state index contributed by atoms with van der Waals surface area (Å²) in [7, 11) is 0. The number of halogens is 3. The zero-order valence-electron chi connectivity index (χ0n) is 10.4. The Bertz CT molecular complexity index is 772. The fourth-order valence-corrected chi connectivity index (χ4v) is 3.59. The van der Waals surface area contributed by atoms with Gasteiger partial charge in [-0.2, -0.15) is 0 Å². The number of rotatable bonds is 3. The van der Waals surface area contributed by atoms with Crippen LogP contribution in [0, 0.1) is 5.82 Å². The average Bonchev–Trinajstić information content (AvgIpc) is 2.87. The van der Waals surface area contributed by atoms with Crippen LogP contribution >= 0.6 is 38.9 Å². The van der Waals surface area contributed by atoms with Crippen LogP contribution in [0.15, 0.2) is 35.8 Å². The molecular weight excluding hydrogens is 361 g/mol. The van der Waals surface area contributed by atoms with Gasteiger partial charge in [-0.15, -0.1) is 11.3 Å². The molecule has 0 amide bonds. The predicted octanol–water partition coefficient (Wildman–Crippen LogP) is 5.69. The lowest BCUT2D eigenvalue weighted by Gasteiger charge is -2.09. The highest BCUT2D eigenvalue weighted by atomic mass is 79.9. The highest BCUT2D eigenvalue weighted by Gasteiger charge is 2.17. The largest absolute Gasteiger partial charge is 0.244 e. The highest BCUT2D eigenvalue weighted by Crippen LogP contribution is 2.35. The molecule has 5 heteroatoms. The molecule has 102 valence electrons. The van der Waals surface area contributed by atoms with E-state index in [0.29, 0.717) is 28.1 Å². The van der Waals surface area contributed by atoms with Crippen molar-refractivity contribution in [1.82, 2.24) is 4.98 Å². The Hall–Kier alpha value is -0.970. The topological polar surface area (TPSA) is 12.9 Å². The summed E-state index contributed by atoms with van der Waals surface area (Å²) in [4.78, 5) is 4.31. The molecule has 0 spiro atoms. The lowest BCUT2D eigenvalue weighted by atomic mass is 9.99. The molecule has 3 aromatic rings. The molecule has 0 aliphatic carbocycles. The molecule has 0 saturated carbocycles. The minimum absolute atomic E-state index is 0.204. The van der Waals surface area contributed by atoms with E-state index >= 15 is 0 Å². The van der Waals surface area contributed by atoms with Crippen molar-refractivity contribution in [1.29, 1.82) is 0 Å². The fourth-order valence-electron chi connectivity index (χ4n) is 2.22. The van der Waals surface area contributed by atoms with Gasteiger partial charge < -0.3 is 0 Å². The maximum Gasteiger partial charge on any atom is 0.136 e. The maximum absolute atomic E-state index is 14.8. The summed E-state index contributed by atoms with van der Waals surface area (Å²) in [6.45, 7) is 0. The van der Waals surface area contributed by atoms with E-state index in [9.17, 15) is 4.39 Å². The van der Waals surface area contributed by atoms with Crippen molar-refractivity contribution in [2.75, 3.05) is 5.33 Å². The molecule has 20 heavy (non-hydrogen) atoms.